The van der Waals surface area contributed by atoms with Crippen LogP contribution in [0.1, 0.15) is 30.5 Å². The second-order valence-electron chi connectivity index (χ2n) is 6.14. The molecule has 1 heterocycles. The molecule has 0 aliphatic rings. The van der Waals surface area contributed by atoms with E-state index < -0.39 is 17.6 Å². The number of aryl methyl sites for hydroxylation is 1. The zero-order valence-electron chi connectivity index (χ0n) is 15.2. The van der Waals surface area contributed by atoms with E-state index >= 15 is 0 Å². The SMILES string of the molecule is CC(=O)Oc1cc(OC(C)=O)c2c(C)c(Cc3ccccc3)c(=O)oc2c1. The molecule has 27 heavy (non-hydrogen) atoms. The predicted octanol–water partition coefficient (Wildman–Crippen LogP) is 3.54. The quantitative estimate of drug-likeness (QED) is 0.399. The Bertz CT molecular complexity index is 1080. The first kappa shape index (κ1) is 18.4. The number of hydrogen-bond donors (Lipinski definition) is 0. The third kappa shape index (κ3) is 4.06. The summed E-state index contributed by atoms with van der Waals surface area (Å²) < 4.78 is 15.8. The molecule has 1 aromatic heterocycles. The molecular weight excluding hydrogens is 348 g/mol. The zero-order chi connectivity index (χ0) is 19.6. The Morgan fingerprint density at radius 2 is 1.67 bits per heavy atom. The number of rotatable bonds is 4. The smallest absolute Gasteiger partial charge is 0.340 e. The van der Waals surface area contributed by atoms with Crippen molar-refractivity contribution in [1.82, 2.24) is 0 Å². The van der Waals surface area contributed by atoms with Crippen LogP contribution in [0.15, 0.2) is 51.7 Å². The summed E-state index contributed by atoms with van der Waals surface area (Å²) in [6.45, 7) is 4.29. The minimum absolute atomic E-state index is 0.129. The first-order chi connectivity index (χ1) is 12.8. The molecule has 0 unspecified atom stereocenters. The molecule has 0 amide bonds. The number of esters is 2. The highest BCUT2D eigenvalue weighted by molar-refractivity contribution is 5.91. The van der Waals surface area contributed by atoms with Crippen LogP contribution in [0.25, 0.3) is 11.0 Å². The Labute approximate surface area is 155 Å². The van der Waals surface area contributed by atoms with E-state index in [1.54, 1.807) is 6.92 Å². The Morgan fingerprint density at radius 1 is 1.00 bits per heavy atom. The van der Waals surface area contributed by atoms with E-state index in [0.717, 1.165) is 5.56 Å². The summed E-state index contributed by atoms with van der Waals surface area (Å²) in [7, 11) is 0. The first-order valence-corrected chi connectivity index (χ1v) is 8.36. The fourth-order valence-electron chi connectivity index (χ4n) is 2.95. The van der Waals surface area contributed by atoms with Crippen molar-refractivity contribution in [1.29, 1.82) is 0 Å². The number of carbonyl (C=O) groups excluding carboxylic acids is 2. The third-order valence-electron chi connectivity index (χ3n) is 4.06. The van der Waals surface area contributed by atoms with Crippen molar-refractivity contribution in [2.75, 3.05) is 0 Å². The van der Waals surface area contributed by atoms with Crippen LogP contribution in [0.3, 0.4) is 0 Å². The maximum absolute atomic E-state index is 12.5. The summed E-state index contributed by atoms with van der Waals surface area (Å²) in [5.41, 5.74) is 1.78. The summed E-state index contributed by atoms with van der Waals surface area (Å²) in [5, 5.41) is 0.492. The Hall–Kier alpha value is -3.41. The summed E-state index contributed by atoms with van der Waals surface area (Å²) >= 11 is 0. The van der Waals surface area contributed by atoms with Crippen LogP contribution in [0.2, 0.25) is 0 Å². The molecule has 2 aromatic carbocycles. The van der Waals surface area contributed by atoms with Gasteiger partial charge in [0.25, 0.3) is 0 Å². The highest BCUT2D eigenvalue weighted by Gasteiger charge is 2.19. The fraction of sp³-hybridized carbons (Fsp3) is 0.190. The Kier molecular flexibility index (Phi) is 5.07. The molecule has 3 rings (SSSR count). The van der Waals surface area contributed by atoms with Gasteiger partial charge in [0.1, 0.15) is 17.1 Å². The van der Waals surface area contributed by atoms with Crippen LogP contribution in [0, 0.1) is 6.92 Å². The molecule has 0 saturated heterocycles. The molecule has 6 heteroatoms. The average molecular weight is 366 g/mol. The van der Waals surface area contributed by atoms with E-state index in [4.69, 9.17) is 13.9 Å². The number of ether oxygens (including phenoxy) is 2. The van der Waals surface area contributed by atoms with E-state index in [9.17, 15) is 14.4 Å². The summed E-state index contributed by atoms with van der Waals surface area (Å²) in [5.74, 6) is -0.772. The van der Waals surface area contributed by atoms with Gasteiger partial charge < -0.3 is 13.9 Å². The van der Waals surface area contributed by atoms with Crippen LogP contribution >= 0.6 is 0 Å². The molecule has 0 radical (unpaired) electrons. The van der Waals surface area contributed by atoms with Gasteiger partial charge in [0.15, 0.2) is 0 Å². The molecule has 138 valence electrons. The Morgan fingerprint density at radius 3 is 2.30 bits per heavy atom. The topological polar surface area (TPSA) is 82.8 Å². The van der Waals surface area contributed by atoms with Gasteiger partial charge in [0, 0.05) is 38.0 Å². The van der Waals surface area contributed by atoms with Gasteiger partial charge in [-0.15, -0.1) is 0 Å². The zero-order valence-corrected chi connectivity index (χ0v) is 15.2. The van der Waals surface area contributed by atoms with Crippen molar-refractivity contribution in [2.45, 2.75) is 27.2 Å². The van der Waals surface area contributed by atoms with Crippen molar-refractivity contribution < 1.29 is 23.5 Å². The van der Waals surface area contributed by atoms with Crippen molar-refractivity contribution in [3.8, 4) is 11.5 Å². The van der Waals surface area contributed by atoms with Crippen molar-refractivity contribution >= 4 is 22.9 Å². The van der Waals surface area contributed by atoms with Crippen LogP contribution in [-0.4, -0.2) is 11.9 Å². The molecule has 0 N–H and O–H groups in total. The highest BCUT2D eigenvalue weighted by atomic mass is 16.5. The van der Waals surface area contributed by atoms with E-state index in [2.05, 4.69) is 0 Å². The highest BCUT2D eigenvalue weighted by Crippen LogP contribution is 2.34. The molecule has 0 aliphatic heterocycles. The van der Waals surface area contributed by atoms with Gasteiger partial charge >= 0.3 is 17.6 Å². The normalized spacial score (nSPS) is 10.6. The maximum Gasteiger partial charge on any atom is 0.340 e. The van der Waals surface area contributed by atoms with Crippen LogP contribution < -0.4 is 15.1 Å². The minimum atomic E-state index is -0.539. The van der Waals surface area contributed by atoms with E-state index in [-0.39, 0.29) is 17.1 Å². The van der Waals surface area contributed by atoms with Crippen LogP contribution in [0.5, 0.6) is 11.5 Å². The van der Waals surface area contributed by atoms with Crippen molar-refractivity contribution in [3.63, 3.8) is 0 Å². The van der Waals surface area contributed by atoms with Gasteiger partial charge in [-0.25, -0.2) is 4.79 Å². The van der Waals surface area contributed by atoms with Gasteiger partial charge in [0.2, 0.25) is 0 Å². The van der Waals surface area contributed by atoms with Gasteiger partial charge in [-0.3, -0.25) is 9.59 Å². The van der Waals surface area contributed by atoms with Crippen LogP contribution in [-0.2, 0) is 16.0 Å². The lowest BCUT2D eigenvalue weighted by Crippen LogP contribution is -2.12. The second-order valence-corrected chi connectivity index (χ2v) is 6.14. The van der Waals surface area contributed by atoms with Gasteiger partial charge in [-0.1, -0.05) is 30.3 Å². The second kappa shape index (κ2) is 7.45. The van der Waals surface area contributed by atoms with Gasteiger partial charge in [-0.2, -0.15) is 0 Å². The van der Waals surface area contributed by atoms with E-state index in [0.29, 0.717) is 22.9 Å². The lowest BCUT2D eigenvalue weighted by atomic mass is 9.99. The summed E-state index contributed by atoms with van der Waals surface area (Å²) in [6, 6.07) is 12.4. The summed E-state index contributed by atoms with van der Waals surface area (Å²) in [4.78, 5) is 35.3. The van der Waals surface area contributed by atoms with Gasteiger partial charge in [0.05, 0.1) is 5.39 Å². The summed E-state index contributed by atoms with van der Waals surface area (Å²) in [6.07, 6.45) is 0.385. The molecular formula is C21H18O6. The van der Waals surface area contributed by atoms with Crippen molar-refractivity contribution in [3.05, 3.63) is 69.6 Å². The first-order valence-electron chi connectivity index (χ1n) is 8.36. The largest absolute Gasteiger partial charge is 0.426 e. The molecule has 0 atom stereocenters. The molecule has 6 nitrogen and oxygen atoms in total. The maximum atomic E-state index is 12.5. The number of hydrogen-bond acceptors (Lipinski definition) is 6. The molecule has 0 fully saturated rings. The number of fused-ring (bicyclic) bond motifs is 1. The number of benzene rings is 2. The molecule has 0 spiro atoms. The molecule has 0 aliphatic carbocycles. The monoisotopic (exact) mass is 366 g/mol. The van der Waals surface area contributed by atoms with E-state index in [1.165, 1.54) is 26.0 Å². The minimum Gasteiger partial charge on any atom is -0.426 e. The Balaban J connectivity index is 2.21. The van der Waals surface area contributed by atoms with E-state index in [1.807, 2.05) is 30.3 Å². The molecule has 0 saturated carbocycles. The number of carbonyl (C=O) groups is 2. The predicted molar refractivity (Wildman–Crippen MR) is 99.1 cm³/mol. The standard InChI is InChI=1S/C21H18O6/c1-12-17(9-15-7-5-4-6-8-15)21(24)27-19-11-16(25-13(2)22)10-18(20(12)19)26-14(3)23/h4-8,10-11H,9H2,1-3H3. The van der Waals surface area contributed by atoms with Crippen LogP contribution in [0.4, 0.5) is 0 Å². The fourth-order valence-corrected chi connectivity index (χ4v) is 2.95. The molecule has 3 aromatic rings. The lowest BCUT2D eigenvalue weighted by molar-refractivity contribution is -0.132. The third-order valence-corrected chi connectivity index (χ3v) is 4.06. The lowest BCUT2D eigenvalue weighted by Gasteiger charge is -2.13. The van der Waals surface area contributed by atoms with Gasteiger partial charge in [-0.05, 0) is 18.1 Å². The molecule has 0 bridgehead atoms. The average Bonchev–Trinajstić information content (AvgIpc) is 2.58. The van der Waals surface area contributed by atoms with Crippen molar-refractivity contribution in [2.24, 2.45) is 0 Å².